The third-order valence-corrected chi connectivity index (χ3v) is 2.12. The van der Waals surface area contributed by atoms with Crippen LogP contribution in [0.4, 0.5) is 0 Å². The predicted octanol–water partition coefficient (Wildman–Crippen LogP) is 1.40. The third-order valence-electron chi connectivity index (χ3n) is 1.89. The van der Waals surface area contributed by atoms with Gasteiger partial charge in [0.15, 0.2) is 0 Å². The zero-order valence-corrected chi connectivity index (χ0v) is 7.67. The standard InChI is InChI=1S/C9H9ClN2O/c10-6-1-2-8(13)7(5-6)9-11-3-4-12-9/h1-2,5,13H,3-4H2,(H,11,12). The van der Waals surface area contributed by atoms with E-state index >= 15 is 0 Å². The maximum absolute atomic E-state index is 9.52. The average molecular weight is 197 g/mol. The van der Waals surface area contributed by atoms with Crippen molar-refractivity contribution >= 4 is 17.4 Å². The van der Waals surface area contributed by atoms with Crippen molar-refractivity contribution in [1.82, 2.24) is 5.32 Å². The number of hydrogen-bond acceptors (Lipinski definition) is 3. The summed E-state index contributed by atoms with van der Waals surface area (Å²) < 4.78 is 0. The lowest BCUT2D eigenvalue weighted by molar-refractivity contribution is 0.474. The Labute approximate surface area is 81.1 Å². The molecule has 3 nitrogen and oxygen atoms in total. The summed E-state index contributed by atoms with van der Waals surface area (Å²) in [7, 11) is 0. The molecule has 4 heteroatoms. The summed E-state index contributed by atoms with van der Waals surface area (Å²) in [5.41, 5.74) is 0.671. The molecule has 2 rings (SSSR count). The highest BCUT2D eigenvalue weighted by atomic mass is 35.5. The molecule has 1 aliphatic rings. The first-order valence-corrected chi connectivity index (χ1v) is 4.42. The molecular formula is C9H9ClN2O. The highest BCUT2D eigenvalue weighted by molar-refractivity contribution is 6.31. The lowest BCUT2D eigenvalue weighted by Crippen LogP contribution is -2.19. The lowest BCUT2D eigenvalue weighted by atomic mass is 10.2. The molecule has 68 valence electrons. The molecule has 0 spiro atoms. The number of nitrogens with one attached hydrogen (secondary N) is 1. The van der Waals surface area contributed by atoms with Gasteiger partial charge in [0, 0.05) is 11.6 Å². The van der Waals surface area contributed by atoms with Crippen LogP contribution in [0.25, 0.3) is 0 Å². The van der Waals surface area contributed by atoms with Gasteiger partial charge in [-0.3, -0.25) is 4.99 Å². The van der Waals surface area contributed by atoms with Gasteiger partial charge in [0.05, 0.1) is 12.1 Å². The maximum atomic E-state index is 9.52. The zero-order valence-electron chi connectivity index (χ0n) is 6.92. The van der Waals surface area contributed by atoms with Gasteiger partial charge in [-0.25, -0.2) is 0 Å². The van der Waals surface area contributed by atoms with Gasteiger partial charge in [0.25, 0.3) is 0 Å². The zero-order chi connectivity index (χ0) is 9.26. The SMILES string of the molecule is Oc1ccc(Cl)cc1C1=NCCN1. The molecule has 0 saturated heterocycles. The van der Waals surface area contributed by atoms with Gasteiger partial charge in [-0.05, 0) is 18.2 Å². The van der Waals surface area contributed by atoms with Gasteiger partial charge in [0.1, 0.15) is 11.6 Å². The molecule has 0 amide bonds. The van der Waals surface area contributed by atoms with Crippen molar-refractivity contribution in [3.8, 4) is 5.75 Å². The smallest absolute Gasteiger partial charge is 0.132 e. The van der Waals surface area contributed by atoms with Gasteiger partial charge in [-0.2, -0.15) is 0 Å². The quantitative estimate of drug-likeness (QED) is 0.713. The number of nitrogens with zero attached hydrogens (tertiary/aromatic N) is 1. The highest BCUT2D eigenvalue weighted by Crippen LogP contribution is 2.22. The average Bonchev–Trinajstić information content (AvgIpc) is 2.61. The van der Waals surface area contributed by atoms with Crippen molar-refractivity contribution in [1.29, 1.82) is 0 Å². The molecule has 2 N–H and O–H groups in total. The van der Waals surface area contributed by atoms with Crippen LogP contribution in [0.1, 0.15) is 5.56 Å². The van der Waals surface area contributed by atoms with Gasteiger partial charge in [-0.1, -0.05) is 11.6 Å². The minimum absolute atomic E-state index is 0.206. The van der Waals surface area contributed by atoms with E-state index in [1.807, 2.05) is 0 Å². The number of aromatic hydroxyl groups is 1. The number of phenols is 1. The maximum Gasteiger partial charge on any atom is 0.132 e. The molecule has 1 aromatic rings. The minimum Gasteiger partial charge on any atom is -0.507 e. The van der Waals surface area contributed by atoms with Crippen molar-refractivity contribution in [2.45, 2.75) is 0 Å². The van der Waals surface area contributed by atoms with Crippen LogP contribution in [0.15, 0.2) is 23.2 Å². The fraction of sp³-hybridized carbons (Fsp3) is 0.222. The summed E-state index contributed by atoms with van der Waals surface area (Å²) in [5.74, 6) is 0.928. The fourth-order valence-electron chi connectivity index (χ4n) is 1.28. The Morgan fingerprint density at radius 3 is 3.00 bits per heavy atom. The first kappa shape index (κ1) is 8.38. The largest absolute Gasteiger partial charge is 0.507 e. The molecule has 0 unspecified atom stereocenters. The van der Waals surface area contributed by atoms with E-state index in [1.54, 1.807) is 18.2 Å². The van der Waals surface area contributed by atoms with Crippen molar-refractivity contribution in [3.63, 3.8) is 0 Å². The normalized spacial score (nSPS) is 15.3. The lowest BCUT2D eigenvalue weighted by Gasteiger charge is -2.04. The molecule has 0 bridgehead atoms. The molecule has 1 aromatic carbocycles. The van der Waals surface area contributed by atoms with E-state index in [9.17, 15) is 5.11 Å². The van der Waals surface area contributed by atoms with Gasteiger partial charge < -0.3 is 10.4 Å². The number of amidine groups is 1. The van der Waals surface area contributed by atoms with Gasteiger partial charge in [-0.15, -0.1) is 0 Å². The summed E-state index contributed by atoms with van der Waals surface area (Å²) in [6.45, 7) is 1.57. The van der Waals surface area contributed by atoms with E-state index in [1.165, 1.54) is 0 Å². The summed E-state index contributed by atoms with van der Waals surface area (Å²) in [4.78, 5) is 4.19. The van der Waals surface area contributed by atoms with E-state index in [-0.39, 0.29) is 5.75 Å². The van der Waals surface area contributed by atoms with E-state index in [2.05, 4.69) is 10.3 Å². The number of aliphatic imine (C=N–C) groups is 1. The van der Waals surface area contributed by atoms with Crippen molar-refractivity contribution < 1.29 is 5.11 Å². The Morgan fingerprint density at radius 2 is 2.31 bits per heavy atom. The predicted molar refractivity (Wildman–Crippen MR) is 52.5 cm³/mol. The first-order valence-electron chi connectivity index (χ1n) is 4.04. The monoisotopic (exact) mass is 196 g/mol. The molecule has 13 heavy (non-hydrogen) atoms. The highest BCUT2D eigenvalue weighted by Gasteiger charge is 2.12. The van der Waals surface area contributed by atoms with Crippen molar-refractivity contribution in [2.24, 2.45) is 4.99 Å². The van der Waals surface area contributed by atoms with Gasteiger partial charge >= 0.3 is 0 Å². The van der Waals surface area contributed by atoms with Gasteiger partial charge in [0.2, 0.25) is 0 Å². The Hall–Kier alpha value is -1.22. The second-order valence-corrected chi connectivity index (χ2v) is 3.26. The number of rotatable bonds is 1. The van der Waals surface area contributed by atoms with Crippen molar-refractivity contribution in [3.05, 3.63) is 28.8 Å². The Morgan fingerprint density at radius 1 is 1.46 bits per heavy atom. The molecular weight excluding hydrogens is 188 g/mol. The topological polar surface area (TPSA) is 44.6 Å². The Kier molecular flexibility index (Phi) is 2.10. The van der Waals surface area contributed by atoms with Crippen LogP contribution >= 0.6 is 11.6 Å². The minimum atomic E-state index is 0.206. The Bertz CT molecular complexity index is 363. The van der Waals surface area contributed by atoms with E-state index in [0.717, 1.165) is 18.9 Å². The molecule has 0 radical (unpaired) electrons. The fourth-order valence-corrected chi connectivity index (χ4v) is 1.45. The van der Waals surface area contributed by atoms with Crippen molar-refractivity contribution in [2.75, 3.05) is 13.1 Å². The summed E-state index contributed by atoms with van der Waals surface area (Å²) in [5, 5.41) is 13.2. The first-order chi connectivity index (χ1) is 6.27. The van der Waals surface area contributed by atoms with Crippen LogP contribution in [0.2, 0.25) is 5.02 Å². The van der Waals surface area contributed by atoms with Crippen LogP contribution in [0.3, 0.4) is 0 Å². The molecule has 1 heterocycles. The van der Waals surface area contributed by atoms with Crippen LogP contribution in [0.5, 0.6) is 5.75 Å². The number of benzene rings is 1. The molecule has 0 aromatic heterocycles. The third kappa shape index (κ3) is 1.60. The second kappa shape index (κ2) is 3.26. The van der Waals surface area contributed by atoms with Crippen LogP contribution in [-0.4, -0.2) is 24.0 Å². The number of hydrogen-bond donors (Lipinski definition) is 2. The van der Waals surface area contributed by atoms with Crippen LogP contribution in [0, 0.1) is 0 Å². The van der Waals surface area contributed by atoms with Crippen LogP contribution in [-0.2, 0) is 0 Å². The molecule has 0 saturated carbocycles. The van der Waals surface area contributed by atoms with E-state index in [0.29, 0.717) is 10.6 Å². The number of phenolic OH excluding ortho intramolecular Hbond substituents is 1. The Balaban J connectivity index is 2.43. The molecule has 0 fully saturated rings. The van der Waals surface area contributed by atoms with E-state index in [4.69, 9.17) is 11.6 Å². The summed E-state index contributed by atoms with van der Waals surface area (Å²) >= 11 is 5.80. The summed E-state index contributed by atoms with van der Waals surface area (Å²) in [6, 6.07) is 4.92. The van der Waals surface area contributed by atoms with Crippen LogP contribution < -0.4 is 5.32 Å². The molecule has 0 aliphatic carbocycles. The molecule has 1 aliphatic heterocycles. The number of halogens is 1. The summed E-state index contributed by atoms with van der Waals surface area (Å²) in [6.07, 6.45) is 0. The second-order valence-electron chi connectivity index (χ2n) is 2.82. The van der Waals surface area contributed by atoms with E-state index < -0.39 is 0 Å². The molecule has 0 atom stereocenters.